The molecule has 0 aliphatic heterocycles. The van der Waals surface area contributed by atoms with E-state index in [1.165, 1.54) is 0 Å². The summed E-state index contributed by atoms with van der Waals surface area (Å²) >= 11 is 8.85. The number of halogens is 6. The quantitative estimate of drug-likeness (QED) is 0.235. The second-order valence-electron chi connectivity index (χ2n) is 0.192. The monoisotopic (exact) mass is 621 g/mol. The third-order valence-corrected chi connectivity index (χ3v) is 0. The first kappa shape index (κ1) is 29.5. The fraction of sp³-hybridized carbons (Fsp3) is 0. The van der Waals surface area contributed by atoms with Crippen molar-refractivity contribution in [1.29, 1.82) is 0 Å². The third kappa shape index (κ3) is 48.7. The zero-order valence-electron chi connectivity index (χ0n) is 3.29. The molecule has 0 atom stereocenters. The van der Waals surface area contributed by atoms with Gasteiger partial charge >= 0.3 is 68.6 Å². The van der Waals surface area contributed by atoms with Crippen LogP contribution in [0.5, 0.6) is 0 Å². The van der Waals surface area contributed by atoms with Crippen LogP contribution < -0.4 is 50.9 Å². The van der Waals surface area contributed by atoms with Gasteiger partial charge in [0.25, 0.3) is 0 Å². The number of rotatable bonds is 0. The molecule has 0 bridgehead atoms. The Bertz CT molecular complexity index is 13.2. The Morgan fingerprint density at radius 3 is 0.750 bits per heavy atom. The van der Waals surface area contributed by atoms with Crippen molar-refractivity contribution in [3.05, 3.63) is 0 Å². The Labute approximate surface area is 117 Å². The molecular formula is AlBr6Sb. The molecule has 0 nitrogen and oxygen atoms in total. The predicted molar refractivity (Wildman–Crippen MR) is 38.3 cm³/mol. The van der Waals surface area contributed by atoms with Crippen LogP contribution in [0.25, 0.3) is 0 Å². The van der Waals surface area contributed by atoms with Crippen LogP contribution in [0.2, 0.25) is 0 Å². The molecule has 0 fully saturated rings. The van der Waals surface area contributed by atoms with Crippen molar-refractivity contribution in [1.82, 2.24) is 0 Å². The van der Waals surface area contributed by atoms with E-state index >= 15 is 0 Å². The summed E-state index contributed by atoms with van der Waals surface area (Å²) in [6, 6.07) is 0. The van der Waals surface area contributed by atoms with Gasteiger partial charge in [0.2, 0.25) is 0 Å². The van der Waals surface area contributed by atoms with Crippen LogP contribution in [0.1, 0.15) is 0 Å². The summed E-state index contributed by atoms with van der Waals surface area (Å²) in [6.07, 6.45) is 0. The molecule has 0 heterocycles. The van der Waals surface area contributed by atoms with Gasteiger partial charge < -0.3 is 50.9 Å². The van der Waals surface area contributed by atoms with Gasteiger partial charge in [0.15, 0.2) is 0 Å². The summed E-state index contributed by atoms with van der Waals surface area (Å²) in [6.45, 7) is 0. The summed E-state index contributed by atoms with van der Waals surface area (Å²) in [5.74, 6) is 0. The molecule has 0 aromatic carbocycles. The van der Waals surface area contributed by atoms with E-state index in [1.807, 2.05) is 0 Å². The van der Waals surface area contributed by atoms with Crippen molar-refractivity contribution in [2.75, 3.05) is 0 Å². The van der Waals surface area contributed by atoms with Crippen molar-refractivity contribution in [2.45, 2.75) is 0 Å². The van der Waals surface area contributed by atoms with Gasteiger partial charge in [-0.25, -0.2) is 0 Å². The third-order valence-electron chi connectivity index (χ3n) is 0. The van der Waals surface area contributed by atoms with E-state index < -0.39 is 13.5 Å². The average Bonchev–Trinajstić information content (AvgIpc) is 0.811. The van der Waals surface area contributed by atoms with Crippen molar-refractivity contribution < 1.29 is 50.9 Å². The molecule has 8 heavy (non-hydrogen) atoms. The molecule has 0 saturated heterocycles. The number of hydrogen-bond donors (Lipinski definition) is 0. The van der Waals surface area contributed by atoms with E-state index in [9.17, 15) is 0 Å². The molecule has 0 spiro atoms. The Hall–Kier alpha value is 4.23. The van der Waals surface area contributed by atoms with E-state index in [0.717, 1.165) is 0 Å². The van der Waals surface area contributed by atoms with Gasteiger partial charge in [0.1, 0.15) is 0 Å². The van der Waals surface area contributed by atoms with Crippen LogP contribution in [0, 0.1) is 0 Å². The molecule has 0 N–H and O–H groups in total. The minimum absolute atomic E-state index is 0. The summed E-state index contributed by atoms with van der Waals surface area (Å²) in [5.41, 5.74) is 0. The molecular weight excluding hydrogens is 628 g/mol. The molecule has 0 saturated carbocycles. The molecule has 0 rings (SSSR count). The normalized spacial score (nSPS) is 4.50. The zero-order valence-corrected chi connectivity index (χ0v) is 16.5. The van der Waals surface area contributed by atoms with Crippen LogP contribution in [-0.4, -0.2) is 30.8 Å². The van der Waals surface area contributed by atoms with Crippen LogP contribution in [0.4, 0.5) is 0 Å². The molecule has 0 unspecified atom stereocenters. The molecule has 8 heteroatoms. The number of hydrogen-bond acceptors (Lipinski definition) is 0. The van der Waals surface area contributed by atoms with Gasteiger partial charge in [-0.05, 0) is 0 Å². The summed E-state index contributed by atoms with van der Waals surface area (Å²) in [7, 11) is 0. The Morgan fingerprint density at radius 1 is 0.750 bits per heavy atom. The molecule has 0 amide bonds. The first-order valence-electron chi connectivity index (χ1n) is 0.507. The zero-order chi connectivity index (χ0) is 3.58. The molecule has 50 valence electrons. The fourth-order valence-electron chi connectivity index (χ4n) is 0. The fourth-order valence-corrected chi connectivity index (χ4v) is 0. The minimum atomic E-state index is -1.01. The van der Waals surface area contributed by atoms with E-state index in [4.69, 9.17) is 0 Å². The first-order valence-corrected chi connectivity index (χ1v) is 17.7. The predicted octanol–water partition coefficient (Wildman–Crippen LogP) is -7.21. The molecule has 0 aromatic heterocycles. The van der Waals surface area contributed by atoms with Gasteiger partial charge in [-0.3, -0.25) is 0 Å². The van der Waals surface area contributed by atoms with E-state index in [-0.39, 0.29) is 68.3 Å². The summed E-state index contributed by atoms with van der Waals surface area (Å²) in [4.78, 5) is 0. The van der Waals surface area contributed by atoms with Crippen LogP contribution in [-0.2, 0) is 0 Å². The van der Waals surface area contributed by atoms with Crippen LogP contribution in [0.15, 0.2) is 0 Å². The molecule has 0 aliphatic rings. The van der Waals surface area contributed by atoms with Crippen molar-refractivity contribution in [3.8, 4) is 0 Å². The Kier molecular flexibility index (Phi) is 82.9. The second-order valence-corrected chi connectivity index (χ2v) is 34.7. The van der Waals surface area contributed by atoms with Crippen molar-refractivity contribution >= 4 is 68.6 Å². The molecule has 0 aliphatic carbocycles. The first-order chi connectivity index (χ1) is 1.73. The van der Waals surface area contributed by atoms with E-state index in [2.05, 4.69) is 37.8 Å². The van der Waals surface area contributed by atoms with Gasteiger partial charge in [0, 0.05) is 0 Å². The van der Waals surface area contributed by atoms with Crippen LogP contribution in [0.3, 0.4) is 0 Å². The van der Waals surface area contributed by atoms with Gasteiger partial charge in [-0.1, -0.05) is 0 Å². The average molecular weight is 628 g/mol. The standard InChI is InChI=1S/Al.6BrH.Sb/h;6*1H;/q+3;;;;;;;+3/p-6. The maximum atomic E-state index is 3.29. The van der Waals surface area contributed by atoms with Gasteiger partial charge in [0.05, 0.1) is 0 Å². The Morgan fingerprint density at radius 2 is 0.750 bits per heavy atom. The summed E-state index contributed by atoms with van der Waals surface area (Å²) < 4.78 is 0. The van der Waals surface area contributed by atoms with E-state index in [1.54, 1.807) is 0 Å². The maximum absolute atomic E-state index is 3.29. The second kappa shape index (κ2) is 22.5. The van der Waals surface area contributed by atoms with Crippen molar-refractivity contribution in [3.63, 3.8) is 0 Å². The molecule has 0 radical (unpaired) electrons. The Balaban J connectivity index is -0.00000000750. The van der Waals surface area contributed by atoms with Crippen LogP contribution >= 0.6 is 37.8 Å². The summed E-state index contributed by atoms with van der Waals surface area (Å²) in [5, 5.41) is 0. The van der Waals surface area contributed by atoms with E-state index in [0.29, 0.717) is 0 Å². The molecule has 0 aromatic rings. The van der Waals surface area contributed by atoms with Gasteiger partial charge in [-0.2, -0.15) is 0 Å². The topological polar surface area (TPSA) is 0 Å². The van der Waals surface area contributed by atoms with Gasteiger partial charge in [-0.15, -0.1) is 0 Å². The SMILES string of the molecule is [Al+3].[Br-].[Br-].[Br-].[Br][Sb]([Br])[Br]. The van der Waals surface area contributed by atoms with Crippen molar-refractivity contribution in [2.24, 2.45) is 0 Å².